The fraction of sp³-hybridized carbons (Fsp3) is 0.133. The molecule has 2 aromatic carbocycles. The zero-order valence-corrected chi connectivity index (χ0v) is 15.1. The predicted octanol–water partition coefficient (Wildman–Crippen LogP) is 4.91. The number of alkyl halides is 3. The van der Waals surface area contributed by atoms with E-state index in [4.69, 9.17) is 11.6 Å². The van der Waals surface area contributed by atoms with Crippen molar-refractivity contribution in [2.45, 2.75) is 11.1 Å². The number of nitrogens with zero attached hydrogens (tertiary/aromatic N) is 2. The molecule has 0 fully saturated rings. The summed E-state index contributed by atoms with van der Waals surface area (Å²) in [6.07, 6.45) is -4.63. The minimum atomic E-state index is -4.63. The van der Waals surface area contributed by atoms with Crippen LogP contribution in [0, 0.1) is 20.2 Å². The molecule has 0 aromatic heterocycles. The summed E-state index contributed by atoms with van der Waals surface area (Å²) in [4.78, 5) is 32.1. The summed E-state index contributed by atoms with van der Waals surface area (Å²) in [5.74, 6) is -1.16. The summed E-state index contributed by atoms with van der Waals surface area (Å²) in [6.45, 7) is 0. The molecule has 0 unspecified atom stereocenters. The average Bonchev–Trinajstić information content (AvgIpc) is 2.60. The number of anilines is 1. The van der Waals surface area contributed by atoms with E-state index in [1.165, 1.54) is 0 Å². The number of hydrogen-bond acceptors (Lipinski definition) is 6. The van der Waals surface area contributed by atoms with Crippen molar-refractivity contribution >= 4 is 46.3 Å². The molecular weight excluding hydrogens is 427 g/mol. The molecule has 13 heteroatoms. The summed E-state index contributed by atoms with van der Waals surface area (Å²) in [7, 11) is 0. The molecule has 0 aliphatic rings. The smallest absolute Gasteiger partial charge is 0.324 e. The van der Waals surface area contributed by atoms with Gasteiger partial charge >= 0.3 is 6.18 Å². The molecule has 1 amide bonds. The normalized spacial score (nSPS) is 11.1. The van der Waals surface area contributed by atoms with Crippen molar-refractivity contribution in [3.63, 3.8) is 0 Å². The Hall–Kier alpha value is -2.86. The molecule has 0 aliphatic heterocycles. The number of nitro benzene ring substituents is 2. The van der Waals surface area contributed by atoms with E-state index in [1.807, 2.05) is 0 Å². The van der Waals surface area contributed by atoms with Crippen molar-refractivity contribution < 1.29 is 27.8 Å². The highest BCUT2D eigenvalue weighted by Gasteiger charge is 2.31. The van der Waals surface area contributed by atoms with E-state index in [1.54, 1.807) is 0 Å². The lowest BCUT2D eigenvalue weighted by Crippen LogP contribution is -2.15. The van der Waals surface area contributed by atoms with Gasteiger partial charge < -0.3 is 5.32 Å². The SMILES string of the molecule is O=C(CSc1ccc([N+](=O)[O-])cc1[N+](=O)[O-])Nc1cc(C(F)(F)F)ccc1Cl. The van der Waals surface area contributed by atoms with Gasteiger partial charge in [0.2, 0.25) is 5.91 Å². The number of halogens is 4. The molecule has 0 aliphatic carbocycles. The molecule has 2 aromatic rings. The van der Waals surface area contributed by atoms with Crippen molar-refractivity contribution in [1.29, 1.82) is 0 Å². The van der Waals surface area contributed by atoms with Gasteiger partial charge in [-0.3, -0.25) is 25.0 Å². The zero-order chi connectivity index (χ0) is 21.1. The summed E-state index contributed by atoms with van der Waals surface area (Å²) >= 11 is 6.48. The topological polar surface area (TPSA) is 115 Å². The number of amides is 1. The lowest BCUT2D eigenvalue weighted by molar-refractivity contribution is -0.396. The van der Waals surface area contributed by atoms with Crippen LogP contribution in [0.15, 0.2) is 41.3 Å². The number of carbonyl (C=O) groups is 1. The number of nitrogens with one attached hydrogen (secondary N) is 1. The largest absolute Gasteiger partial charge is 0.416 e. The molecule has 0 bridgehead atoms. The number of carbonyl (C=O) groups excluding carboxylic acids is 1. The van der Waals surface area contributed by atoms with Crippen molar-refractivity contribution in [2.24, 2.45) is 0 Å². The summed E-state index contributed by atoms with van der Waals surface area (Å²) in [5, 5.41) is 23.8. The number of non-ortho nitro benzene ring substituents is 1. The van der Waals surface area contributed by atoms with Gasteiger partial charge in [-0.25, -0.2) is 0 Å². The molecule has 28 heavy (non-hydrogen) atoms. The first kappa shape index (κ1) is 21.4. The number of hydrogen-bond donors (Lipinski definition) is 1. The van der Waals surface area contributed by atoms with Gasteiger partial charge in [0.05, 0.1) is 42.8 Å². The Labute approximate surface area is 164 Å². The third-order valence-corrected chi connectivity index (χ3v) is 4.67. The second-order valence-electron chi connectivity index (χ2n) is 5.20. The van der Waals surface area contributed by atoms with Crippen LogP contribution in [-0.4, -0.2) is 21.5 Å². The number of thioether (sulfide) groups is 1. The number of rotatable bonds is 6. The Morgan fingerprint density at radius 1 is 1.11 bits per heavy atom. The monoisotopic (exact) mass is 435 g/mol. The molecule has 0 saturated carbocycles. The van der Waals surface area contributed by atoms with Crippen LogP contribution in [0.3, 0.4) is 0 Å². The minimum absolute atomic E-state index is 0.0131. The lowest BCUT2D eigenvalue weighted by Gasteiger charge is -2.11. The highest BCUT2D eigenvalue weighted by atomic mass is 35.5. The van der Waals surface area contributed by atoms with Crippen LogP contribution in [-0.2, 0) is 11.0 Å². The van der Waals surface area contributed by atoms with Crippen molar-refractivity contribution in [3.8, 4) is 0 Å². The van der Waals surface area contributed by atoms with Gasteiger partial charge in [-0.2, -0.15) is 13.2 Å². The van der Waals surface area contributed by atoms with Gasteiger partial charge in [0.15, 0.2) is 0 Å². The Morgan fingerprint density at radius 2 is 1.79 bits per heavy atom. The van der Waals surface area contributed by atoms with Gasteiger partial charge in [0.1, 0.15) is 0 Å². The number of benzene rings is 2. The van der Waals surface area contributed by atoms with Gasteiger partial charge in [0, 0.05) is 6.07 Å². The van der Waals surface area contributed by atoms with Crippen LogP contribution in [0.4, 0.5) is 30.2 Å². The zero-order valence-electron chi connectivity index (χ0n) is 13.5. The molecular formula is C15H9ClF3N3O5S. The minimum Gasteiger partial charge on any atom is -0.324 e. The average molecular weight is 436 g/mol. The van der Waals surface area contributed by atoms with Crippen LogP contribution in [0.1, 0.15) is 5.56 Å². The molecule has 0 saturated heterocycles. The Kier molecular flexibility index (Phi) is 6.46. The fourth-order valence-corrected chi connectivity index (χ4v) is 2.98. The van der Waals surface area contributed by atoms with E-state index in [0.29, 0.717) is 17.8 Å². The predicted molar refractivity (Wildman–Crippen MR) is 95.6 cm³/mol. The first-order valence-electron chi connectivity index (χ1n) is 7.21. The second kappa shape index (κ2) is 8.44. The van der Waals surface area contributed by atoms with Crippen LogP contribution in [0.5, 0.6) is 0 Å². The van der Waals surface area contributed by atoms with Crippen LogP contribution in [0.2, 0.25) is 5.02 Å². The van der Waals surface area contributed by atoms with Crippen molar-refractivity contribution in [2.75, 3.05) is 11.1 Å². The molecule has 0 radical (unpaired) electrons. The van der Waals surface area contributed by atoms with Gasteiger partial charge in [-0.1, -0.05) is 11.6 Å². The van der Waals surface area contributed by atoms with E-state index in [9.17, 15) is 38.2 Å². The Balaban J connectivity index is 2.13. The van der Waals surface area contributed by atoms with Gasteiger partial charge in [0.25, 0.3) is 11.4 Å². The lowest BCUT2D eigenvalue weighted by atomic mass is 10.2. The maximum atomic E-state index is 12.7. The maximum absolute atomic E-state index is 12.7. The van der Waals surface area contributed by atoms with E-state index in [0.717, 1.165) is 30.3 Å². The molecule has 0 atom stereocenters. The van der Waals surface area contributed by atoms with Gasteiger partial charge in [-0.05, 0) is 24.3 Å². The summed E-state index contributed by atoms with van der Waals surface area (Å²) < 4.78 is 38.2. The van der Waals surface area contributed by atoms with Crippen molar-refractivity contribution in [3.05, 3.63) is 67.2 Å². The van der Waals surface area contributed by atoms with Gasteiger partial charge in [-0.15, -0.1) is 11.8 Å². The standard InChI is InChI=1S/C15H9ClF3N3O5S/c16-10-3-1-8(15(17,18)19)5-11(10)20-14(23)7-28-13-4-2-9(21(24)25)6-12(13)22(26)27/h1-6H,7H2,(H,20,23). The van der Waals surface area contributed by atoms with Crippen LogP contribution >= 0.6 is 23.4 Å². The summed E-state index contributed by atoms with van der Waals surface area (Å²) in [5.41, 5.74) is -2.33. The van der Waals surface area contributed by atoms with E-state index < -0.39 is 44.6 Å². The third-order valence-electron chi connectivity index (χ3n) is 3.28. The van der Waals surface area contributed by atoms with E-state index >= 15 is 0 Å². The van der Waals surface area contributed by atoms with Crippen LogP contribution in [0.25, 0.3) is 0 Å². The highest BCUT2D eigenvalue weighted by Crippen LogP contribution is 2.35. The van der Waals surface area contributed by atoms with E-state index in [-0.39, 0.29) is 15.6 Å². The molecule has 2 rings (SSSR count). The van der Waals surface area contributed by atoms with Crippen molar-refractivity contribution in [1.82, 2.24) is 0 Å². The first-order valence-corrected chi connectivity index (χ1v) is 8.57. The Bertz CT molecular complexity index is 955. The van der Waals surface area contributed by atoms with Crippen LogP contribution < -0.4 is 5.32 Å². The first-order chi connectivity index (χ1) is 13.0. The third kappa shape index (κ3) is 5.33. The highest BCUT2D eigenvalue weighted by molar-refractivity contribution is 8.00. The fourth-order valence-electron chi connectivity index (χ4n) is 2.01. The summed E-state index contributed by atoms with van der Waals surface area (Å²) in [6, 6.07) is 5.31. The molecule has 148 valence electrons. The maximum Gasteiger partial charge on any atom is 0.416 e. The molecule has 0 heterocycles. The number of nitro groups is 2. The Morgan fingerprint density at radius 3 is 2.36 bits per heavy atom. The quantitative estimate of drug-likeness (QED) is 0.391. The molecule has 1 N–H and O–H groups in total. The second-order valence-corrected chi connectivity index (χ2v) is 6.62. The molecule has 0 spiro atoms. The molecule has 8 nitrogen and oxygen atoms in total. The van der Waals surface area contributed by atoms with E-state index in [2.05, 4.69) is 5.32 Å².